The zero-order chi connectivity index (χ0) is 18.8. The number of nitrogens with one attached hydrogen (secondary N) is 3. The monoisotopic (exact) mass is 367 g/mol. The molecule has 5 nitrogen and oxygen atoms in total. The van der Waals surface area contributed by atoms with Gasteiger partial charge in [0.1, 0.15) is 5.75 Å². The third-order valence-corrected chi connectivity index (χ3v) is 4.81. The van der Waals surface area contributed by atoms with Gasteiger partial charge >= 0.3 is 0 Å². The van der Waals surface area contributed by atoms with E-state index in [-0.39, 0.29) is 11.7 Å². The van der Waals surface area contributed by atoms with E-state index in [2.05, 4.69) is 16.0 Å². The van der Waals surface area contributed by atoms with Crippen LogP contribution >= 0.6 is 12.2 Å². The SMILES string of the molecule is CC1=C(C(=O)Nc2cccc(C)c2C)[C@@H](c2ccc(O)cc2)NC(=S)N1. The van der Waals surface area contributed by atoms with Gasteiger partial charge in [0.25, 0.3) is 5.91 Å². The van der Waals surface area contributed by atoms with Crippen LogP contribution in [0.1, 0.15) is 29.7 Å². The lowest BCUT2D eigenvalue weighted by Crippen LogP contribution is -2.45. The lowest BCUT2D eigenvalue weighted by molar-refractivity contribution is -0.113. The van der Waals surface area contributed by atoms with E-state index in [0.29, 0.717) is 16.4 Å². The number of hydrogen-bond donors (Lipinski definition) is 4. The van der Waals surface area contributed by atoms with Crippen LogP contribution in [0.3, 0.4) is 0 Å². The molecule has 3 rings (SSSR count). The molecule has 1 atom stereocenters. The highest BCUT2D eigenvalue weighted by atomic mass is 32.1. The summed E-state index contributed by atoms with van der Waals surface area (Å²) in [6, 6.07) is 12.2. The Morgan fingerprint density at radius 1 is 1.12 bits per heavy atom. The van der Waals surface area contributed by atoms with Gasteiger partial charge in [-0.3, -0.25) is 4.79 Å². The van der Waals surface area contributed by atoms with Crippen LogP contribution in [0, 0.1) is 13.8 Å². The van der Waals surface area contributed by atoms with Crippen LogP contribution in [0.15, 0.2) is 53.7 Å². The van der Waals surface area contributed by atoms with Crippen LogP contribution in [-0.4, -0.2) is 16.1 Å². The van der Waals surface area contributed by atoms with E-state index in [4.69, 9.17) is 12.2 Å². The van der Waals surface area contributed by atoms with Crippen molar-refractivity contribution in [2.24, 2.45) is 0 Å². The molecule has 2 aromatic rings. The highest BCUT2D eigenvalue weighted by molar-refractivity contribution is 7.80. The summed E-state index contributed by atoms with van der Waals surface area (Å²) in [4.78, 5) is 13.1. The molecule has 1 amide bonds. The van der Waals surface area contributed by atoms with Gasteiger partial charge in [0, 0.05) is 11.4 Å². The maximum Gasteiger partial charge on any atom is 0.255 e. The van der Waals surface area contributed by atoms with Crippen molar-refractivity contribution in [1.82, 2.24) is 10.6 Å². The van der Waals surface area contributed by atoms with Gasteiger partial charge in [-0.2, -0.15) is 0 Å². The normalized spacial score (nSPS) is 16.7. The van der Waals surface area contributed by atoms with Crippen LogP contribution in [-0.2, 0) is 4.79 Å². The van der Waals surface area contributed by atoms with Gasteiger partial charge in [0.2, 0.25) is 0 Å². The third-order valence-electron chi connectivity index (χ3n) is 4.59. The summed E-state index contributed by atoms with van der Waals surface area (Å²) in [5, 5.41) is 19.2. The van der Waals surface area contributed by atoms with E-state index in [1.165, 1.54) is 0 Å². The molecule has 0 radical (unpaired) electrons. The highest BCUT2D eigenvalue weighted by Gasteiger charge is 2.30. The van der Waals surface area contributed by atoms with Crippen molar-refractivity contribution in [3.05, 3.63) is 70.4 Å². The van der Waals surface area contributed by atoms with Gasteiger partial charge < -0.3 is 21.1 Å². The second-order valence-electron chi connectivity index (χ2n) is 6.36. The lowest BCUT2D eigenvalue weighted by Gasteiger charge is -2.30. The molecule has 1 heterocycles. The van der Waals surface area contributed by atoms with Crippen molar-refractivity contribution in [3.8, 4) is 5.75 Å². The summed E-state index contributed by atoms with van der Waals surface area (Å²) in [5.74, 6) is -0.0240. The summed E-state index contributed by atoms with van der Waals surface area (Å²) in [6.07, 6.45) is 0. The molecule has 4 N–H and O–H groups in total. The Bertz CT molecular complexity index is 904. The van der Waals surface area contributed by atoms with Crippen LogP contribution in [0.4, 0.5) is 5.69 Å². The molecule has 0 spiro atoms. The van der Waals surface area contributed by atoms with Crippen molar-refractivity contribution in [2.75, 3.05) is 5.32 Å². The van der Waals surface area contributed by atoms with Crippen LogP contribution in [0.2, 0.25) is 0 Å². The highest BCUT2D eigenvalue weighted by Crippen LogP contribution is 2.29. The fraction of sp³-hybridized carbons (Fsp3) is 0.200. The molecule has 0 saturated heterocycles. The van der Waals surface area contributed by atoms with Crippen molar-refractivity contribution in [1.29, 1.82) is 0 Å². The Kier molecular flexibility index (Phi) is 4.95. The van der Waals surface area contributed by atoms with E-state index in [9.17, 15) is 9.90 Å². The first-order chi connectivity index (χ1) is 12.4. The predicted octanol–water partition coefficient (Wildman–Crippen LogP) is 3.44. The molecule has 1 aliphatic rings. The van der Waals surface area contributed by atoms with Gasteiger partial charge in [-0.25, -0.2) is 0 Å². The third kappa shape index (κ3) is 3.55. The Morgan fingerprint density at radius 2 is 1.81 bits per heavy atom. The number of anilines is 1. The number of amides is 1. The second kappa shape index (κ2) is 7.17. The first kappa shape index (κ1) is 17.9. The molecule has 0 bridgehead atoms. The fourth-order valence-corrected chi connectivity index (χ4v) is 3.26. The van der Waals surface area contributed by atoms with E-state index >= 15 is 0 Å². The summed E-state index contributed by atoms with van der Waals surface area (Å²) < 4.78 is 0. The van der Waals surface area contributed by atoms with Gasteiger partial charge in [-0.15, -0.1) is 0 Å². The van der Waals surface area contributed by atoms with Crippen molar-refractivity contribution >= 4 is 28.9 Å². The van der Waals surface area contributed by atoms with Crippen molar-refractivity contribution in [2.45, 2.75) is 26.8 Å². The zero-order valence-corrected chi connectivity index (χ0v) is 15.7. The minimum Gasteiger partial charge on any atom is -0.508 e. The second-order valence-corrected chi connectivity index (χ2v) is 6.77. The molecule has 134 valence electrons. The number of carbonyl (C=O) groups excluding carboxylic acids is 1. The Labute approximate surface area is 158 Å². The Balaban J connectivity index is 1.96. The molecule has 0 aromatic heterocycles. The number of hydrogen-bond acceptors (Lipinski definition) is 3. The van der Waals surface area contributed by atoms with Crippen molar-refractivity contribution < 1.29 is 9.90 Å². The molecule has 6 heteroatoms. The maximum atomic E-state index is 13.1. The van der Waals surface area contributed by atoms with Crippen LogP contribution < -0.4 is 16.0 Å². The van der Waals surface area contributed by atoms with Gasteiger partial charge in [0.15, 0.2) is 5.11 Å². The number of carbonyl (C=O) groups is 1. The topological polar surface area (TPSA) is 73.4 Å². The first-order valence-electron chi connectivity index (χ1n) is 8.31. The molecule has 26 heavy (non-hydrogen) atoms. The first-order valence-corrected chi connectivity index (χ1v) is 8.72. The van der Waals surface area contributed by atoms with E-state index < -0.39 is 6.04 Å². The van der Waals surface area contributed by atoms with E-state index in [0.717, 1.165) is 22.4 Å². The molecule has 2 aromatic carbocycles. The Hall–Kier alpha value is -2.86. The van der Waals surface area contributed by atoms with Crippen molar-refractivity contribution in [3.63, 3.8) is 0 Å². The van der Waals surface area contributed by atoms with Gasteiger partial charge in [0.05, 0.1) is 11.6 Å². The number of phenolic OH excluding ortho intramolecular Hbond substituents is 1. The standard InChI is InChI=1S/C20H21N3O2S/c1-11-5-4-6-16(12(11)2)22-19(25)17-13(3)21-20(26)23-18(17)14-7-9-15(24)10-8-14/h4-10,18,24H,1-3H3,(H,22,25)(H2,21,23,26)/t18-/m1/s1. The maximum absolute atomic E-state index is 13.1. The number of phenols is 1. The van der Waals surface area contributed by atoms with E-state index in [1.807, 2.05) is 39.0 Å². The summed E-state index contributed by atoms with van der Waals surface area (Å²) in [5.41, 5.74) is 5.04. The number of thiocarbonyl (C=S) groups is 1. The summed E-state index contributed by atoms with van der Waals surface area (Å²) in [6.45, 7) is 5.83. The summed E-state index contributed by atoms with van der Waals surface area (Å²) in [7, 11) is 0. The minimum atomic E-state index is -0.394. The molecule has 1 aliphatic heterocycles. The molecule has 0 aliphatic carbocycles. The minimum absolute atomic E-state index is 0.173. The molecule has 0 fully saturated rings. The van der Waals surface area contributed by atoms with Gasteiger partial charge in [-0.1, -0.05) is 24.3 Å². The summed E-state index contributed by atoms with van der Waals surface area (Å²) >= 11 is 5.26. The number of allylic oxidation sites excluding steroid dienone is 1. The van der Waals surface area contributed by atoms with E-state index in [1.54, 1.807) is 24.3 Å². The average Bonchev–Trinajstić information content (AvgIpc) is 2.59. The molecule has 0 saturated carbocycles. The average molecular weight is 367 g/mol. The number of benzene rings is 2. The number of aryl methyl sites for hydroxylation is 1. The number of aromatic hydroxyl groups is 1. The van der Waals surface area contributed by atoms with Gasteiger partial charge in [-0.05, 0) is 67.9 Å². The van der Waals surface area contributed by atoms with Crippen LogP contribution in [0.5, 0.6) is 5.75 Å². The zero-order valence-electron chi connectivity index (χ0n) is 14.9. The quantitative estimate of drug-likeness (QED) is 0.626. The lowest BCUT2D eigenvalue weighted by atomic mass is 9.94. The fourth-order valence-electron chi connectivity index (χ4n) is 2.99. The smallest absolute Gasteiger partial charge is 0.255 e. The molecule has 0 unspecified atom stereocenters. The molecular formula is C20H21N3O2S. The largest absolute Gasteiger partial charge is 0.508 e. The molecular weight excluding hydrogens is 346 g/mol. The number of rotatable bonds is 3. The predicted molar refractivity (Wildman–Crippen MR) is 107 cm³/mol. The van der Waals surface area contributed by atoms with Crippen LogP contribution in [0.25, 0.3) is 0 Å². The Morgan fingerprint density at radius 3 is 2.50 bits per heavy atom.